The van der Waals surface area contributed by atoms with Gasteiger partial charge >= 0.3 is 5.91 Å². The molecule has 10 heteroatoms. The molecule has 1 aliphatic rings. The van der Waals surface area contributed by atoms with Crippen molar-refractivity contribution < 1.29 is 24.9 Å². The van der Waals surface area contributed by atoms with Crippen LogP contribution in [-0.2, 0) is 15.3 Å². The zero-order chi connectivity index (χ0) is 24.2. The van der Waals surface area contributed by atoms with Crippen LogP contribution in [0.3, 0.4) is 0 Å². The van der Waals surface area contributed by atoms with E-state index < -0.39 is 17.5 Å². The Balaban J connectivity index is 1.68. The first-order valence-electron chi connectivity index (χ1n) is 11.0. The summed E-state index contributed by atoms with van der Waals surface area (Å²) in [5.41, 5.74) is 1.79. The second kappa shape index (κ2) is 10.1. The fourth-order valence-electron chi connectivity index (χ4n) is 3.69. The summed E-state index contributed by atoms with van der Waals surface area (Å²) >= 11 is 0. The maximum absolute atomic E-state index is 12.8. The third-order valence-electron chi connectivity index (χ3n) is 5.57. The summed E-state index contributed by atoms with van der Waals surface area (Å²) in [6, 6.07) is 7.76. The number of carbonyl (C=O) groups excluding carboxylic acids is 1. The van der Waals surface area contributed by atoms with Gasteiger partial charge in [-0.05, 0) is 37.8 Å². The van der Waals surface area contributed by atoms with Crippen LogP contribution in [0.1, 0.15) is 39.2 Å². The van der Waals surface area contributed by atoms with Crippen molar-refractivity contribution in [1.29, 1.82) is 0 Å². The number of nitrogens with zero attached hydrogens (tertiary/aromatic N) is 5. The monoisotopic (exact) mass is 459 g/mol. The average molecular weight is 460 g/mol. The Kier molecular flexibility index (Phi) is 7.65. The number of amides is 1. The SMILES string of the molecule is CCCN(COC)C(O)(O)C(=O)N1CC=C(c2ccc(-c3ncn(C(C)(C)O)n3)cc2)CC1. The second-order valence-corrected chi connectivity index (χ2v) is 8.63. The van der Waals surface area contributed by atoms with E-state index in [2.05, 4.69) is 10.1 Å². The van der Waals surface area contributed by atoms with Gasteiger partial charge in [0.15, 0.2) is 11.5 Å². The molecule has 3 N–H and O–H groups in total. The Morgan fingerprint density at radius 3 is 2.36 bits per heavy atom. The van der Waals surface area contributed by atoms with Crippen LogP contribution < -0.4 is 0 Å². The third-order valence-corrected chi connectivity index (χ3v) is 5.57. The Bertz CT molecular complexity index is 972. The van der Waals surface area contributed by atoms with Crippen molar-refractivity contribution in [2.45, 2.75) is 45.2 Å². The summed E-state index contributed by atoms with van der Waals surface area (Å²) in [5, 5.41) is 35.3. The van der Waals surface area contributed by atoms with Gasteiger partial charge in [0.05, 0.1) is 0 Å². The number of aromatic nitrogens is 3. The minimum atomic E-state index is -2.61. The van der Waals surface area contributed by atoms with Gasteiger partial charge in [0.1, 0.15) is 13.1 Å². The number of hydrogen-bond donors (Lipinski definition) is 3. The molecule has 0 radical (unpaired) electrons. The Hall–Kier alpha value is -2.63. The minimum absolute atomic E-state index is 0.0588. The number of rotatable bonds is 9. The van der Waals surface area contributed by atoms with E-state index in [1.165, 1.54) is 27.9 Å². The average Bonchev–Trinajstić information content (AvgIpc) is 3.30. The van der Waals surface area contributed by atoms with E-state index >= 15 is 0 Å². The fraction of sp³-hybridized carbons (Fsp3) is 0.522. The molecule has 0 fully saturated rings. The number of carbonyl (C=O) groups is 1. The predicted octanol–water partition coefficient (Wildman–Crippen LogP) is 1.20. The predicted molar refractivity (Wildman–Crippen MR) is 122 cm³/mol. The highest BCUT2D eigenvalue weighted by molar-refractivity contribution is 5.84. The molecule has 10 nitrogen and oxygen atoms in total. The van der Waals surface area contributed by atoms with Crippen LogP contribution in [0.15, 0.2) is 36.7 Å². The number of ether oxygens (including phenoxy) is 1. The molecule has 2 heterocycles. The van der Waals surface area contributed by atoms with Crippen LogP contribution in [0.4, 0.5) is 0 Å². The highest BCUT2D eigenvalue weighted by Crippen LogP contribution is 2.26. The van der Waals surface area contributed by atoms with Crippen molar-refractivity contribution >= 4 is 11.5 Å². The van der Waals surface area contributed by atoms with E-state index in [-0.39, 0.29) is 13.3 Å². The minimum Gasteiger partial charge on any atom is -0.370 e. The van der Waals surface area contributed by atoms with Crippen molar-refractivity contribution in [3.63, 3.8) is 0 Å². The fourth-order valence-corrected chi connectivity index (χ4v) is 3.69. The largest absolute Gasteiger partial charge is 0.370 e. The second-order valence-electron chi connectivity index (χ2n) is 8.63. The van der Waals surface area contributed by atoms with Crippen LogP contribution in [0.25, 0.3) is 17.0 Å². The lowest BCUT2D eigenvalue weighted by Crippen LogP contribution is -2.61. The lowest BCUT2D eigenvalue weighted by atomic mass is 9.98. The summed E-state index contributed by atoms with van der Waals surface area (Å²) in [6.07, 6.45) is 4.65. The number of hydrogen-bond acceptors (Lipinski definition) is 8. The number of methoxy groups -OCH3 is 1. The molecular formula is C23H33N5O5. The first-order valence-corrected chi connectivity index (χ1v) is 11.0. The number of aliphatic hydroxyl groups is 3. The molecule has 3 rings (SSSR count). The first kappa shape index (κ1) is 25.0. The Labute approximate surface area is 193 Å². The highest BCUT2D eigenvalue weighted by Gasteiger charge is 2.43. The smallest absolute Gasteiger partial charge is 0.310 e. The van der Waals surface area contributed by atoms with E-state index in [0.29, 0.717) is 31.8 Å². The maximum Gasteiger partial charge on any atom is 0.310 e. The van der Waals surface area contributed by atoms with Crippen LogP contribution in [0.5, 0.6) is 0 Å². The molecule has 0 atom stereocenters. The Morgan fingerprint density at radius 1 is 1.18 bits per heavy atom. The van der Waals surface area contributed by atoms with E-state index in [0.717, 1.165) is 16.7 Å². The Morgan fingerprint density at radius 2 is 1.85 bits per heavy atom. The van der Waals surface area contributed by atoms with Gasteiger partial charge in [-0.25, -0.2) is 14.6 Å². The molecule has 1 aliphatic heterocycles. The van der Waals surface area contributed by atoms with Crippen molar-refractivity contribution in [3.05, 3.63) is 42.2 Å². The molecule has 1 aromatic heterocycles. The normalized spacial score (nSPS) is 15.2. The number of benzene rings is 1. The molecule has 180 valence electrons. The maximum atomic E-state index is 12.8. The van der Waals surface area contributed by atoms with Crippen molar-refractivity contribution in [2.75, 3.05) is 33.5 Å². The van der Waals surface area contributed by atoms with Crippen molar-refractivity contribution in [2.24, 2.45) is 0 Å². The van der Waals surface area contributed by atoms with E-state index in [4.69, 9.17) is 4.74 Å². The molecule has 1 amide bonds. The van der Waals surface area contributed by atoms with Gasteiger partial charge in [0, 0.05) is 32.3 Å². The van der Waals surface area contributed by atoms with E-state index in [1.807, 2.05) is 37.3 Å². The summed E-state index contributed by atoms with van der Waals surface area (Å²) in [6.45, 7) is 6.07. The molecule has 1 aromatic carbocycles. The van der Waals surface area contributed by atoms with Gasteiger partial charge in [-0.1, -0.05) is 37.3 Å². The first-order chi connectivity index (χ1) is 15.6. The van der Waals surface area contributed by atoms with Gasteiger partial charge in [0.25, 0.3) is 5.91 Å². The van der Waals surface area contributed by atoms with Gasteiger partial charge in [-0.15, -0.1) is 5.10 Å². The van der Waals surface area contributed by atoms with Crippen molar-refractivity contribution in [3.8, 4) is 11.4 Å². The lowest BCUT2D eigenvalue weighted by molar-refractivity contribution is -0.271. The molecule has 0 aliphatic carbocycles. The molecular weight excluding hydrogens is 426 g/mol. The summed E-state index contributed by atoms with van der Waals surface area (Å²) in [5.74, 6) is -2.85. The standard InChI is InChI=1S/C23H33N5O5/c1-5-12-27(16-33-4)23(31,32)21(29)26-13-10-18(11-14-26)17-6-8-19(9-7-17)20-24-15-28(25-20)22(2,3)30/h6-10,15,30-32H,5,11-14,16H2,1-4H3. The summed E-state index contributed by atoms with van der Waals surface area (Å²) in [7, 11) is 1.44. The van der Waals surface area contributed by atoms with Gasteiger partial charge in [-0.2, -0.15) is 0 Å². The topological polar surface area (TPSA) is 124 Å². The van der Waals surface area contributed by atoms with Gasteiger partial charge in [0.2, 0.25) is 0 Å². The van der Waals surface area contributed by atoms with Crippen LogP contribution in [-0.4, -0.2) is 85.2 Å². The zero-order valence-corrected chi connectivity index (χ0v) is 19.6. The third kappa shape index (κ3) is 5.66. The molecule has 33 heavy (non-hydrogen) atoms. The zero-order valence-electron chi connectivity index (χ0n) is 19.6. The molecule has 0 spiro atoms. The molecule has 0 saturated heterocycles. The van der Waals surface area contributed by atoms with Crippen LogP contribution in [0, 0.1) is 0 Å². The highest BCUT2D eigenvalue weighted by atomic mass is 16.6. The van der Waals surface area contributed by atoms with E-state index in [1.54, 1.807) is 13.8 Å². The van der Waals surface area contributed by atoms with Crippen LogP contribution >= 0.6 is 0 Å². The molecule has 0 bridgehead atoms. The van der Waals surface area contributed by atoms with Gasteiger partial charge in [-0.3, -0.25) is 4.79 Å². The summed E-state index contributed by atoms with van der Waals surface area (Å²) in [4.78, 5) is 19.7. The molecule has 0 saturated carbocycles. The van der Waals surface area contributed by atoms with Crippen molar-refractivity contribution in [1.82, 2.24) is 24.6 Å². The van der Waals surface area contributed by atoms with Gasteiger partial charge < -0.3 is 25.0 Å². The molecule has 2 aromatic rings. The van der Waals surface area contributed by atoms with E-state index in [9.17, 15) is 20.1 Å². The lowest BCUT2D eigenvalue weighted by Gasteiger charge is -2.37. The van der Waals surface area contributed by atoms with Crippen LogP contribution in [0.2, 0.25) is 0 Å². The quantitative estimate of drug-likeness (QED) is 0.478. The molecule has 0 unspecified atom stereocenters. The summed E-state index contributed by atoms with van der Waals surface area (Å²) < 4.78 is 6.42.